The molecule has 0 aliphatic carbocycles. The molecule has 0 fully saturated rings. The molecule has 0 aliphatic rings. The molecule has 0 unspecified atom stereocenters. The second-order valence-corrected chi connectivity index (χ2v) is 2.89. The predicted octanol–water partition coefficient (Wildman–Crippen LogP) is -0.363. The lowest BCUT2D eigenvalue weighted by Gasteiger charge is -2.17. The van der Waals surface area contributed by atoms with Crippen LogP contribution in [0.25, 0.3) is 0 Å². The molecule has 0 bridgehead atoms. The lowest BCUT2D eigenvalue weighted by molar-refractivity contribution is -0.137. The molecule has 1 heterocycles. The van der Waals surface area contributed by atoms with Gasteiger partial charge >= 0.3 is 5.97 Å². The number of aliphatic carboxylic acids is 1. The van der Waals surface area contributed by atoms with Gasteiger partial charge in [0.1, 0.15) is 6.54 Å². The molecule has 0 saturated heterocycles. The van der Waals surface area contributed by atoms with Gasteiger partial charge in [0.2, 0.25) is 0 Å². The Morgan fingerprint density at radius 1 is 1.50 bits per heavy atom. The smallest absolute Gasteiger partial charge is 0.323 e. The molecule has 0 aliphatic heterocycles. The minimum absolute atomic E-state index is 0.0620. The zero-order valence-electron chi connectivity index (χ0n) is 8.33. The van der Waals surface area contributed by atoms with Crippen LogP contribution in [0.15, 0.2) is 18.5 Å². The lowest BCUT2D eigenvalue weighted by Crippen LogP contribution is -2.36. The zero-order valence-corrected chi connectivity index (χ0v) is 8.33. The fourth-order valence-electron chi connectivity index (χ4n) is 1.07. The van der Waals surface area contributed by atoms with E-state index in [0.717, 1.165) is 4.90 Å². The number of terminal acetylenes is 1. The fraction of sp³-hybridized carbons (Fsp3) is 0.200. The van der Waals surface area contributed by atoms with Crippen LogP contribution < -0.4 is 0 Å². The van der Waals surface area contributed by atoms with Gasteiger partial charge in [0.15, 0.2) is 0 Å². The van der Waals surface area contributed by atoms with E-state index in [0.29, 0.717) is 0 Å². The summed E-state index contributed by atoms with van der Waals surface area (Å²) >= 11 is 0. The van der Waals surface area contributed by atoms with Crippen LogP contribution in [-0.4, -0.2) is 45.2 Å². The molecule has 1 N–H and O–H groups in total. The van der Waals surface area contributed by atoms with Crippen LogP contribution >= 0.6 is 0 Å². The molecule has 1 aromatic heterocycles. The van der Waals surface area contributed by atoms with Gasteiger partial charge in [-0.25, -0.2) is 0 Å². The Kier molecular flexibility index (Phi) is 3.98. The van der Waals surface area contributed by atoms with Gasteiger partial charge in [0, 0.05) is 0 Å². The average Bonchev–Trinajstić information content (AvgIpc) is 2.28. The highest BCUT2D eigenvalue weighted by molar-refractivity contribution is 5.95. The van der Waals surface area contributed by atoms with Crippen molar-refractivity contribution < 1.29 is 14.7 Å². The highest BCUT2D eigenvalue weighted by Crippen LogP contribution is 2.01. The van der Waals surface area contributed by atoms with Crippen LogP contribution in [0.4, 0.5) is 0 Å². The summed E-state index contributed by atoms with van der Waals surface area (Å²) in [6.45, 7) is -0.501. The van der Waals surface area contributed by atoms with Gasteiger partial charge in [0.05, 0.1) is 24.5 Å². The van der Waals surface area contributed by atoms with Gasteiger partial charge < -0.3 is 10.0 Å². The first kappa shape index (κ1) is 11.7. The van der Waals surface area contributed by atoms with Gasteiger partial charge in [0.25, 0.3) is 5.91 Å². The summed E-state index contributed by atoms with van der Waals surface area (Å²) in [7, 11) is 0. The largest absolute Gasteiger partial charge is 0.480 e. The van der Waals surface area contributed by atoms with Gasteiger partial charge in [-0.15, -0.1) is 6.42 Å². The minimum atomic E-state index is -1.12. The van der Waals surface area contributed by atoms with Crippen LogP contribution in [0.3, 0.4) is 0 Å². The minimum Gasteiger partial charge on any atom is -0.480 e. The Labute approximate surface area is 91.9 Å². The van der Waals surface area contributed by atoms with Crippen LogP contribution in [0.1, 0.15) is 10.4 Å². The van der Waals surface area contributed by atoms with E-state index in [9.17, 15) is 9.59 Å². The van der Waals surface area contributed by atoms with E-state index in [1.807, 2.05) is 0 Å². The summed E-state index contributed by atoms with van der Waals surface area (Å²) in [6, 6.07) is 1.45. The molecule has 0 saturated carbocycles. The standard InChI is InChI=1S/C10H9N3O3/c1-2-5-13(7-9(14)15)10(16)8-3-4-11-12-6-8/h1,3-4,6H,5,7H2,(H,14,15). The van der Waals surface area contributed by atoms with E-state index in [-0.39, 0.29) is 12.1 Å². The molecule has 16 heavy (non-hydrogen) atoms. The maximum atomic E-state index is 11.8. The quantitative estimate of drug-likeness (QED) is 0.699. The first-order valence-electron chi connectivity index (χ1n) is 4.36. The zero-order chi connectivity index (χ0) is 12.0. The molecule has 1 aromatic rings. The monoisotopic (exact) mass is 219 g/mol. The molecular weight excluding hydrogens is 210 g/mol. The molecule has 82 valence electrons. The summed E-state index contributed by atoms with van der Waals surface area (Å²) < 4.78 is 0. The number of carboxylic acids is 1. The van der Waals surface area contributed by atoms with E-state index in [1.54, 1.807) is 0 Å². The van der Waals surface area contributed by atoms with Gasteiger partial charge in [-0.1, -0.05) is 5.92 Å². The number of carboxylic acid groups (broad SMARTS) is 1. The molecule has 6 heteroatoms. The van der Waals surface area contributed by atoms with Crippen LogP contribution in [0, 0.1) is 12.3 Å². The highest BCUT2D eigenvalue weighted by Gasteiger charge is 2.17. The Morgan fingerprint density at radius 3 is 2.75 bits per heavy atom. The van der Waals surface area contributed by atoms with E-state index < -0.39 is 18.4 Å². The van der Waals surface area contributed by atoms with Gasteiger partial charge in [-0.05, 0) is 6.07 Å². The Hall–Kier alpha value is -2.42. The summed E-state index contributed by atoms with van der Waals surface area (Å²) in [6.07, 6.45) is 7.66. The van der Waals surface area contributed by atoms with Gasteiger partial charge in [-0.3, -0.25) is 9.59 Å². The van der Waals surface area contributed by atoms with Crippen LogP contribution in [0.2, 0.25) is 0 Å². The van der Waals surface area contributed by atoms with Crippen molar-refractivity contribution in [1.29, 1.82) is 0 Å². The number of amides is 1. The van der Waals surface area contributed by atoms with Crippen LogP contribution in [-0.2, 0) is 4.79 Å². The van der Waals surface area contributed by atoms with Crippen molar-refractivity contribution >= 4 is 11.9 Å². The van der Waals surface area contributed by atoms with Crippen molar-refractivity contribution in [2.45, 2.75) is 0 Å². The number of carbonyl (C=O) groups is 2. The highest BCUT2D eigenvalue weighted by atomic mass is 16.4. The number of nitrogens with zero attached hydrogens (tertiary/aromatic N) is 3. The van der Waals surface area contributed by atoms with E-state index in [1.165, 1.54) is 18.5 Å². The number of hydrogen-bond acceptors (Lipinski definition) is 4. The van der Waals surface area contributed by atoms with Crippen molar-refractivity contribution in [1.82, 2.24) is 15.1 Å². The van der Waals surface area contributed by atoms with Crippen molar-refractivity contribution in [2.24, 2.45) is 0 Å². The van der Waals surface area contributed by atoms with E-state index >= 15 is 0 Å². The number of rotatable bonds is 4. The molecule has 0 spiro atoms. The average molecular weight is 219 g/mol. The first-order chi connectivity index (χ1) is 7.65. The molecule has 1 amide bonds. The number of hydrogen-bond donors (Lipinski definition) is 1. The number of aromatic nitrogens is 2. The number of carbonyl (C=O) groups excluding carboxylic acids is 1. The van der Waals surface area contributed by atoms with Crippen molar-refractivity contribution in [2.75, 3.05) is 13.1 Å². The molecule has 6 nitrogen and oxygen atoms in total. The first-order valence-corrected chi connectivity index (χ1v) is 4.36. The lowest BCUT2D eigenvalue weighted by atomic mass is 10.2. The third kappa shape index (κ3) is 3.06. The topological polar surface area (TPSA) is 83.4 Å². The molecule has 0 aromatic carbocycles. The summed E-state index contributed by atoms with van der Waals surface area (Å²) in [5.41, 5.74) is 0.256. The molecule has 0 radical (unpaired) electrons. The third-order valence-corrected chi connectivity index (χ3v) is 1.73. The second kappa shape index (κ2) is 5.46. The SMILES string of the molecule is C#CCN(CC(=O)O)C(=O)c1ccnnc1. The van der Waals surface area contributed by atoms with Gasteiger partial charge in [-0.2, -0.15) is 10.2 Å². The van der Waals surface area contributed by atoms with E-state index in [2.05, 4.69) is 16.1 Å². The second-order valence-electron chi connectivity index (χ2n) is 2.89. The molecular formula is C10H9N3O3. The molecule has 1 rings (SSSR count). The van der Waals surface area contributed by atoms with Crippen molar-refractivity contribution in [3.8, 4) is 12.3 Å². The third-order valence-electron chi connectivity index (χ3n) is 1.73. The Balaban J connectivity index is 2.84. The Morgan fingerprint density at radius 2 is 2.25 bits per heavy atom. The normalized spacial score (nSPS) is 9.19. The summed E-state index contributed by atoms with van der Waals surface area (Å²) in [5.74, 6) is 0.633. The predicted molar refractivity (Wildman–Crippen MR) is 54.4 cm³/mol. The van der Waals surface area contributed by atoms with Crippen LogP contribution in [0.5, 0.6) is 0 Å². The maximum absolute atomic E-state index is 11.8. The summed E-state index contributed by atoms with van der Waals surface area (Å²) in [5, 5.41) is 15.7. The Bertz CT molecular complexity index is 425. The van der Waals surface area contributed by atoms with Crippen molar-refractivity contribution in [3.63, 3.8) is 0 Å². The maximum Gasteiger partial charge on any atom is 0.323 e. The summed E-state index contributed by atoms with van der Waals surface area (Å²) in [4.78, 5) is 23.3. The molecule has 0 atom stereocenters. The van der Waals surface area contributed by atoms with Crippen molar-refractivity contribution in [3.05, 3.63) is 24.0 Å². The van der Waals surface area contributed by atoms with E-state index in [4.69, 9.17) is 11.5 Å². The fourth-order valence-corrected chi connectivity index (χ4v) is 1.07.